The third-order valence-corrected chi connectivity index (χ3v) is 3.05. The second kappa shape index (κ2) is 6.49. The summed E-state index contributed by atoms with van der Waals surface area (Å²) in [6.45, 7) is 2.08. The molecule has 1 aromatic carbocycles. The van der Waals surface area contributed by atoms with Gasteiger partial charge in [-0.25, -0.2) is 4.79 Å². The average molecular weight is 295 g/mol. The summed E-state index contributed by atoms with van der Waals surface area (Å²) in [4.78, 5) is 12.8. The predicted octanol–water partition coefficient (Wildman–Crippen LogP) is 1.76. The Kier molecular flexibility index (Phi) is 4.70. The maximum atomic E-state index is 10.7. The molecule has 0 fully saturated rings. The fourth-order valence-electron chi connectivity index (χ4n) is 1.80. The smallest absolute Gasteiger partial charge is 0.358 e. The highest BCUT2D eigenvalue weighted by molar-refractivity contribution is 6.30. The van der Waals surface area contributed by atoms with Gasteiger partial charge in [-0.15, -0.1) is 5.10 Å². The fourth-order valence-corrected chi connectivity index (χ4v) is 2.02. The van der Waals surface area contributed by atoms with Gasteiger partial charge in [0.05, 0.1) is 12.7 Å². The van der Waals surface area contributed by atoms with E-state index in [4.69, 9.17) is 16.7 Å². The van der Waals surface area contributed by atoms with Crippen molar-refractivity contribution in [1.82, 2.24) is 19.9 Å². The molecule has 0 amide bonds. The van der Waals surface area contributed by atoms with Crippen LogP contribution in [0.5, 0.6) is 0 Å². The second-order valence-corrected chi connectivity index (χ2v) is 4.98. The summed E-state index contributed by atoms with van der Waals surface area (Å²) in [5.41, 5.74) is 1.09. The molecular formula is C13H15ClN4O2. The zero-order valence-electron chi connectivity index (χ0n) is 11.0. The molecule has 0 atom stereocenters. The van der Waals surface area contributed by atoms with Gasteiger partial charge in [0.15, 0.2) is 5.69 Å². The molecule has 0 bridgehead atoms. The lowest BCUT2D eigenvalue weighted by Crippen LogP contribution is -2.23. The van der Waals surface area contributed by atoms with Crippen molar-refractivity contribution in [1.29, 1.82) is 0 Å². The number of halogens is 1. The van der Waals surface area contributed by atoms with E-state index < -0.39 is 5.97 Å². The van der Waals surface area contributed by atoms with Gasteiger partial charge in [0.25, 0.3) is 0 Å². The number of rotatable bonds is 6. The first-order valence-electron chi connectivity index (χ1n) is 6.11. The van der Waals surface area contributed by atoms with Gasteiger partial charge in [0, 0.05) is 18.1 Å². The fraction of sp³-hybridized carbons (Fsp3) is 0.308. The number of carboxylic acids is 1. The first kappa shape index (κ1) is 14.5. The van der Waals surface area contributed by atoms with Crippen LogP contribution in [-0.4, -0.2) is 44.6 Å². The van der Waals surface area contributed by atoms with Crippen LogP contribution in [-0.2, 0) is 13.1 Å². The maximum Gasteiger partial charge on any atom is 0.358 e. The topological polar surface area (TPSA) is 71.2 Å². The summed E-state index contributed by atoms with van der Waals surface area (Å²) >= 11 is 5.94. The Morgan fingerprint density at radius 3 is 2.95 bits per heavy atom. The van der Waals surface area contributed by atoms with Gasteiger partial charge in [-0.2, -0.15) is 0 Å². The summed E-state index contributed by atoms with van der Waals surface area (Å²) in [6, 6.07) is 7.70. The van der Waals surface area contributed by atoms with Gasteiger partial charge in [-0.3, -0.25) is 4.68 Å². The number of hydrogen-bond donors (Lipinski definition) is 1. The van der Waals surface area contributed by atoms with Gasteiger partial charge < -0.3 is 10.0 Å². The van der Waals surface area contributed by atoms with Crippen LogP contribution in [0.4, 0.5) is 0 Å². The molecule has 1 aromatic heterocycles. The Labute approximate surface area is 121 Å². The monoisotopic (exact) mass is 294 g/mol. The lowest BCUT2D eigenvalue weighted by Gasteiger charge is -2.16. The standard InChI is InChI=1S/C13H15ClN4O2/c1-17(8-10-3-2-4-11(14)7-10)5-6-18-9-12(13(19)20)15-16-18/h2-4,7,9H,5-6,8H2,1H3,(H,19,20). The van der Waals surface area contributed by atoms with Crippen molar-refractivity contribution < 1.29 is 9.90 Å². The van der Waals surface area contributed by atoms with E-state index in [9.17, 15) is 4.79 Å². The summed E-state index contributed by atoms with van der Waals surface area (Å²) in [7, 11) is 1.98. The first-order chi connectivity index (χ1) is 9.54. The average Bonchev–Trinajstić information content (AvgIpc) is 2.85. The molecule has 0 aliphatic rings. The Bertz CT molecular complexity index is 600. The van der Waals surface area contributed by atoms with Gasteiger partial charge in [-0.05, 0) is 24.7 Å². The van der Waals surface area contributed by atoms with Crippen molar-refractivity contribution in [3.05, 3.63) is 46.7 Å². The van der Waals surface area contributed by atoms with E-state index >= 15 is 0 Å². The number of hydrogen-bond acceptors (Lipinski definition) is 4. The molecule has 0 aliphatic heterocycles. The summed E-state index contributed by atoms with van der Waals surface area (Å²) < 4.78 is 1.53. The van der Waals surface area contributed by atoms with Crippen molar-refractivity contribution in [2.24, 2.45) is 0 Å². The molecule has 1 heterocycles. The highest BCUT2D eigenvalue weighted by Crippen LogP contribution is 2.12. The quantitative estimate of drug-likeness (QED) is 0.879. The number of aromatic carboxylic acids is 1. The van der Waals surface area contributed by atoms with Crippen molar-refractivity contribution in [2.75, 3.05) is 13.6 Å². The van der Waals surface area contributed by atoms with Crippen molar-refractivity contribution in [3.63, 3.8) is 0 Å². The lowest BCUT2D eigenvalue weighted by atomic mass is 10.2. The van der Waals surface area contributed by atoms with Crippen LogP contribution in [0.1, 0.15) is 16.1 Å². The maximum absolute atomic E-state index is 10.7. The Morgan fingerprint density at radius 1 is 1.50 bits per heavy atom. The Morgan fingerprint density at radius 2 is 2.30 bits per heavy atom. The van der Waals surface area contributed by atoms with Gasteiger partial charge >= 0.3 is 5.97 Å². The van der Waals surface area contributed by atoms with Crippen LogP contribution in [0, 0.1) is 0 Å². The van der Waals surface area contributed by atoms with Crippen LogP contribution in [0.3, 0.4) is 0 Å². The van der Waals surface area contributed by atoms with Crippen LogP contribution in [0.15, 0.2) is 30.5 Å². The third kappa shape index (κ3) is 4.04. The SMILES string of the molecule is CN(CCn1cc(C(=O)O)nn1)Cc1cccc(Cl)c1. The van der Waals surface area contributed by atoms with Gasteiger partial charge in [0.1, 0.15) is 0 Å². The molecule has 0 radical (unpaired) electrons. The second-order valence-electron chi connectivity index (χ2n) is 4.54. The summed E-state index contributed by atoms with van der Waals surface area (Å²) in [6.07, 6.45) is 1.43. The predicted molar refractivity (Wildman–Crippen MR) is 74.8 cm³/mol. The normalized spacial score (nSPS) is 10.9. The minimum absolute atomic E-state index is 0.0394. The zero-order chi connectivity index (χ0) is 14.5. The van der Waals surface area contributed by atoms with Crippen molar-refractivity contribution in [2.45, 2.75) is 13.1 Å². The highest BCUT2D eigenvalue weighted by atomic mass is 35.5. The molecule has 0 spiro atoms. The van der Waals surface area contributed by atoms with Crippen LogP contribution in [0.25, 0.3) is 0 Å². The minimum atomic E-state index is -1.07. The highest BCUT2D eigenvalue weighted by Gasteiger charge is 2.08. The Balaban J connectivity index is 1.85. The number of carbonyl (C=O) groups is 1. The molecule has 2 aromatic rings. The number of aromatic nitrogens is 3. The zero-order valence-corrected chi connectivity index (χ0v) is 11.8. The van der Waals surface area contributed by atoms with Crippen LogP contribution in [0.2, 0.25) is 5.02 Å². The molecule has 0 unspecified atom stereocenters. The first-order valence-corrected chi connectivity index (χ1v) is 6.49. The summed E-state index contributed by atoms with van der Waals surface area (Å²) in [5, 5.41) is 16.8. The number of nitrogens with zero attached hydrogens (tertiary/aromatic N) is 4. The van der Waals surface area contributed by atoms with E-state index in [1.807, 2.05) is 31.3 Å². The van der Waals surface area contributed by atoms with Crippen molar-refractivity contribution in [3.8, 4) is 0 Å². The van der Waals surface area contributed by atoms with E-state index in [1.165, 1.54) is 10.9 Å². The number of benzene rings is 1. The molecule has 2 rings (SSSR count). The molecule has 1 N–H and O–H groups in total. The molecule has 0 saturated heterocycles. The van der Waals surface area contributed by atoms with Gasteiger partial charge in [-0.1, -0.05) is 28.9 Å². The molecule has 7 heteroatoms. The van der Waals surface area contributed by atoms with E-state index in [2.05, 4.69) is 15.2 Å². The van der Waals surface area contributed by atoms with Crippen molar-refractivity contribution >= 4 is 17.6 Å². The van der Waals surface area contributed by atoms with E-state index in [1.54, 1.807) is 0 Å². The summed E-state index contributed by atoms with van der Waals surface area (Å²) in [5.74, 6) is -1.07. The number of likely N-dealkylation sites (N-methyl/N-ethyl adjacent to an activating group) is 1. The third-order valence-electron chi connectivity index (χ3n) is 2.81. The molecular weight excluding hydrogens is 280 g/mol. The molecule has 106 valence electrons. The van der Waals surface area contributed by atoms with E-state index in [0.29, 0.717) is 6.54 Å². The van der Waals surface area contributed by atoms with E-state index in [0.717, 1.165) is 23.7 Å². The molecule has 6 nitrogen and oxygen atoms in total. The van der Waals surface area contributed by atoms with Crippen LogP contribution >= 0.6 is 11.6 Å². The number of carboxylic acid groups (broad SMARTS) is 1. The molecule has 0 saturated carbocycles. The Hall–Kier alpha value is -1.92. The molecule has 0 aliphatic carbocycles. The lowest BCUT2D eigenvalue weighted by molar-refractivity contribution is 0.0690. The minimum Gasteiger partial charge on any atom is -0.476 e. The molecule has 20 heavy (non-hydrogen) atoms. The van der Waals surface area contributed by atoms with E-state index in [-0.39, 0.29) is 5.69 Å². The van der Waals surface area contributed by atoms with Gasteiger partial charge in [0.2, 0.25) is 0 Å². The largest absolute Gasteiger partial charge is 0.476 e. The van der Waals surface area contributed by atoms with Crippen LogP contribution < -0.4 is 0 Å².